The van der Waals surface area contributed by atoms with E-state index in [0.717, 1.165) is 5.56 Å². The standard InChI is InChI=1S/C17H18BrNO3/c1-22-13-7-8-15(18)14(11-13)17(21)19-10-9-16(20)12-5-3-2-4-6-12/h2-8,11,16,20H,9-10H2,1H3,(H,19,21)/t16-/m1/s1. The monoisotopic (exact) mass is 363 g/mol. The lowest BCUT2D eigenvalue weighted by atomic mass is 10.1. The minimum absolute atomic E-state index is 0.203. The fourth-order valence-corrected chi connectivity index (χ4v) is 2.49. The Bertz CT molecular complexity index is 631. The van der Waals surface area contributed by atoms with Crippen molar-refractivity contribution in [3.05, 3.63) is 64.1 Å². The zero-order valence-electron chi connectivity index (χ0n) is 12.3. The Balaban J connectivity index is 1.90. The quantitative estimate of drug-likeness (QED) is 0.827. The molecule has 0 aliphatic heterocycles. The van der Waals surface area contributed by atoms with E-state index in [1.807, 2.05) is 30.3 Å². The summed E-state index contributed by atoms with van der Waals surface area (Å²) in [4.78, 5) is 12.2. The molecular formula is C17H18BrNO3. The molecule has 0 saturated carbocycles. The van der Waals surface area contributed by atoms with Crippen LogP contribution in [-0.2, 0) is 0 Å². The summed E-state index contributed by atoms with van der Waals surface area (Å²) in [5.41, 5.74) is 1.35. The largest absolute Gasteiger partial charge is 0.497 e. The van der Waals surface area contributed by atoms with Crippen molar-refractivity contribution >= 4 is 21.8 Å². The molecule has 0 spiro atoms. The van der Waals surface area contributed by atoms with E-state index in [1.165, 1.54) is 0 Å². The van der Waals surface area contributed by atoms with Crippen molar-refractivity contribution < 1.29 is 14.6 Å². The summed E-state index contributed by atoms with van der Waals surface area (Å²) >= 11 is 3.35. The fourth-order valence-electron chi connectivity index (χ4n) is 2.06. The molecular weight excluding hydrogens is 346 g/mol. The van der Waals surface area contributed by atoms with Crippen LogP contribution >= 0.6 is 15.9 Å². The number of rotatable bonds is 6. The molecule has 0 aliphatic carbocycles. The van der Waals surface area contributed by atoms with Gasteiger partial charge in [0, 0.05) is 11.0 Å². The van der Waals surface area contributed by atoms with E-state index in [4.69, 9.17) is 4.74 Å². The van der Waals surface area contributed by atoms with Crippen LogP contribution in [0.3, 0.4) is 0 Å². The van der Waals surface area contributed by atoms with Gasteiger partial charge in [-0.25, -0.2) is 0 Å². The molecule has 0 unspecified atom stereocenters. The third-order valence-electron chi connectivity index (χ3n) is 3.31. The van der Waals surface area contributed by atoms with Crippen LogP contribution in [0.4, 0.5) is 0 Å². The van der Waals surface area contributed by atoms with E-state index in [2.05, 4.69) is 21.2 Å². The van der Waals surface area contributed by atoms with E-state index in [9.17, 15) is 9.90 Å². The number of carbonyl (C=O) groups is 1. The number of amides is 1. The predicted molar refractivity (Wildman–Crippen MR) is 89.0 cm³/mol. The van der Waals surface area contributed by atoms with Gasteiger partial charge < -0.3 is 15.2 Å². The molecule has 5 heteroatoms. The summed E-state index contributed by atoms with van der Waals surface area (Å²) in [6.07, 6.45) is -0.132. The molecule has 2 rings (SSSR count). The fraction of sp³-hybridized carbons (Fsp3) is 0.235. The van der Waals surface area contributed by atoms with Gasteiger partial charge in [0.1, 0.15) is 5.75 Å². The van der Waals surface area contributed by atoms with Crippen LogP contribution in [0.25, 0.3) is 0 Å². The van der Waals surface area contributed by atoms with Crippen LogP contribution < -0.4 is 10.1 Å². The summed E-state index contributed by atoms with van der Waals surface area (Å²) in [6.45, 7) is 0.387. The molecule has 116 valence electrons. The summed E-state index contributed by atoms with van der Waals surface area (Å²) in [6, 6.07) is 14.6. The molecule has 1 atom stereocenters. The third-order valence-corrected chi connectivity index (χ3v) is 4.00. The Hall–Kier alpha value is -1.85. The van der Waals surface area contributed by atoms with Crippen LogP contribution in [0.15, 0.2) is 53.0 Å². The Morgan fingerprint density at radius 1 is 1.27 bits per heavy atom. The summed E-state index contributed by atoms with van der Waals surface area (Å²) in [5.74, 6) is 0.420. The minimum Gasteiger partial charge on any atom is -0.497 e. The van der Waals surface area contributed by atoms with Gasteiger partial charge in [0.05, 0.1) is 18.8 Å². The van der Waals surface area contributed by atoms with Crippen molar-refractivity contribution in [3.8, 4) is 5.75 Å². The van der Waals surface area contributed by atoms with E-state index in [1.54, 1.807) is 25.3 Å². The average molecular weight is 364 g/mol. The van der Waals surface area contributed by atoms with Crippen molar-refractivity contribution in [3.63, 3.8) is 0 Å². The molecule has 0 aliphatic rings. The topological polar surface area (TPSA) is 58.6 Å². The number of hydrogen-bond acceptors (Lipinski definition) is 3. The van der Waals surface area contributed by atoms with Gasteiger partial charge in [0.25, 0.3) is 5.91 Å². The van der Waals surface area contributed by atoms with Gasteiger partial charge in [0.15, 0.2) is 0 Å². The molecule has 0 aromatic heterocycles. The number of hydrogen-bond donors (Lipinski definition) is 2. The highest BCUT2D eigenvalue weighted by Gasteiger charge is 2.12. The van der Waals surface area contributed by atoms with Crippen LogP contribution in [0.5, 0.6) is 5.75 Å². The smallest absolute Gasteiger partial charge is 0.252 e. The Morgan fingerprint density at radius 3 is 2.68 bits per heavy atom. The number of ether oxygens (including phenoxy) is 1. The number of halogens is 1. The number of benzene rings is 2. The summed E-state index contributed by atoms with van der Waals surface area (Å²) in [5, 5.41) is 12.9. The Kier molecular flexibility index (Phi) is 5.98. The lowest BCUT2D eigenvalue weighted by molar-refractivity contribution is 0.0941. The maximum absolute atomic E-state index is 12.2. The first-order valence-electron chi connectivity index (χ1n) is 6.96. The number of nitrogens with one attached hydrogen (secondary N) is 1. The van der Waals surface area contributed by atoms with Gasteiger partial charge in [-0.3, -0.25) is 4.79 Å². The van der Waals surface area contributed by atoms with Crippen LogP contribution in [0.1, 0.15) is 28.4 Å². The van der Waals surface area contributed by atoms with E-state index >= 15 is 0 Å². The molecule has 2 aromatic rings. The lowest BCUT2D eigenvalue weighted by Crippen LogP contribution is -2.26. The van der Waals surface area contributed by atoms with Gasteiger partial charge >= 0.3 is 0 Å². The molecule has 4 nitrogen and oxygen atoms in total. The minimum atomic E-state index is -0.588. The highest BCUT2D eigenvalue weighted by Crippen LogP contribution is 2.22. The van der Waals surface area contributed by atoms with Gasteiger partial charge in [-0.2, -0.15) is 0 Å². The Morgan fingerprint density at radius 2 is 2.00 bits per heavy atom. The van der Waals surface area contributed by atoms with Gasteiger partial charge in [-0.05, 0) is 46.1 Å². The average Bonchev–Trinajstić information content (AvgIpc) is 2.55. The normalized spacial score (nSPS) is 11.8. The van der Waals surface area contributed by atoms with E-state index < -0.39 is 6.10 Å². The molecule has 0 saturated heterocycles. The molecule has 2 N–H and O–H groups in total. The second-order valence-electron chi connectivity index (χ2n) is 4.82. The van der Waals surface area contributed by atoms with Crippen LogP contribution in [0.2, 0.25) is 0 Å². The first-order valence-corrected chi connectivity index (χ1v) is 7.76. The van der Waals surface area contributed by atoms with Crippen LogP contribution in [0, 0.1) is 0 Å². The zero-order chi connectivity index (χ0) is 15.9. The number of aliphatic hydroxyl groups is 1. The number of methoxy groups -OCH3 is 1. The molecule has 0 fully saturated rings. The van der Waals surface area contributed by atoms with Crippen LogP contribution in [-0.4, -0.2) is 24.7 Å². The van der Waals surface area contributed by atoms with Crippen molar-refractivity contribution in [1.29, 1.82) is 0 Å². The van der Waals surface area contributed by atoms with E-state index in [0.29, 0.717) is 28.8 Å². The summed E-state index contributed by atoms with van der Waals surface area (Å²) in [7, 11) is 1.56. The maximum atomic E-state index is 12.2. The van der Waals surface area contributed by atoms with Crippen molar-refractivity contribution in [2.24, 2.45) is 0 Å². The number of aliphatic hydroxyl groups excluding tert-OH is 1. The van der Waals surface area contributed by atoms with Crippen molar-refractivity contribution in [1.82, 2.24) is 5.32 Å². The van der Waals surface area contributed by atoms with E-state index in [-0.39, 0.29) is 5.91 Å². The second-order valence-corrected chi connectivity index (χ2v) is 5.67. The molecule has 1 amide bonds. The molecule has 0 bridgehead atoms. The zero-order valence-corrected chi connectivity index (χ0v) is 13.8. The predicted octanol–water partition coefficient (Wildman–Crippen LogP) is 3.31. The maximum Gasteiger partial charge on any atom is 0.252 e. The lowest BCUT2D eigenvalue weighted by Gasteiger charge is -2.12. The third kappa shape index (κ3) is 4.32. The highest BCUT2D eigenvalue weighted by molar-refractivity contribution is 9.10. The molecule has 0 radical (unpaired) electrons. The first-order chi connectivity index (χ1) is 10.6. The van der Waals surface area contributed by atoms with Gasteiger partial charge in [-0.15, -0.1) is 0 Å². The number of carbonyl (C=O) groups excluding carboxylic acids is 1. The highest BCUT2D eigenvalue weighted by atomic mass is 79.9. The first kappa shape index (κ1) is 16.5. The Labute approximate surface area is 138 Å². The molecule has 0 heterocycles. The molecule has 2 aromatic carbocycles. The summed E-state index contributed by atoms with van der Waals surface area (Å²) < 4.78 is 5.82. The van der Waals surface area contributed by atoms with Crippen molar-refractivity contribution in [2.75, 3.05) is 13.7 Å². The second kappa shape index (κ2) is 7.96. The van der Waals surface area contributed by atoms with Crippen molar-refractivity contribution in [2.45, 2.75) is 12.5 Å². The van der Waals surface area contributed by atoms with Gasteiger partial charge in [-0.1, -0.05) is 30.3 Å². The molecule has 22 heavy (non-hydrogen) atoms. The SMILES string of the molecule is COc1ccc(Br)c(C(=O)NCC[C@@H](O)c2ccccc2)c1. The van der Waals surface area contributed by atoms with Gasteiger partial charge in [0.2, 0.25) is 0 Å².